The van der Waals surface area contributed by atoms with Gasteiger partial charge in [-0.2, -0.15) is 0 Å². The Labute approximate surface area is 123 Å². The molecule has 1 aromatic heterocycles. The van der Waals surface area contributed by atoms with Crippen LogP contribution in [0.4, 0.5) is 0 Å². The summed E-state index contributed by atoms with van der Waals surface area (Å²) in [6.07, 6.45) is 1.00. The van der Waals surface area contributed by atoms with E-state index in [-0.39, 0.29) is 11.8 Å². The molecule has 1 aliphatic rings. The number of carbonyl (C=O) groups is 2. The Bertz CT molecular complexity index is 498. The number of carbonyl (C=O) groups excluding carboxylic acids is 2. The van der Waals surface area contributed by atoms with E-state index in [1.807, 2.05) is 12.3 Å². The van der Waals surface area contributed by atoms with Gasteiger partial charge in [-0.15, -0.1) is 11.3 Å². The van der Waals surface area contributed by atoms with Crippen molar-refractivity contribution in [2.24, 2.45) is 5.92 Å². The van der Waals surface area contributed by atoms with E-state index in [1.165, 1.54) is 11.3 Å². The molecule has 0 bridgehead atoms. The number of amides is 1. The van der Waals surface area contributed by atoms with Crippen molar-refractivity contribution in [3.8, 4) is 0 Å². The zero-order chi connectivity index (χ0) is 14.7. The molecule has 20 heavy (non-hydrogen) atoms. The number of hydrogen-bond donors (Lipinski definition) is 0. The van der Waals surface area contributed by atoms with Gasteiger partial charge in [-0.25, -0.2) is 4.98 Å². The van der Waals surface area contributed by atoms with Crippen LogP contribution in [-0.4, -0.2) is 53.7 Å². The molecule has 5 nitrogen and oxygen atoms in total. The van der Waals surface area contributed by atoms with Gasteiger partial charge in [0, 0.05) is 51.4 Å². The fourth-order valence-corrected chi connectivity index (χ4v) is 3.03. The van der Waals surface area contributed by atoms with E-state index in [9.17, 15) is 9.59 Å². The first-order chi connectivity index (χ1) is 9.45. The van der Waals surface area contributed by atoms with Crippen molar-refractivity contribution in [3.63, 3.8) is 0 Å². The van der Waals surface area contributed by atoms with Crippen molar-refractivity contribution in [3.05, 3.63) is 16.1 Å². The van der Waals surface area contributed by atoms with Gasteiger partial charge in [-0.1, -0.05) is 6.92 Å². The fraction of sp³-hybridized carbons (Fsp3) is 0.643. The quantitative estimate of drug-likeness (QED) is 0.837. The Morgan fingerprint density at radius 1 is 1.55 bits per heavy atom. The van der Waals surface area contributed by atoms with Crippen molar-refractivity contribution < 1.29 is 9.59 Å². The zero-order valence-electron chi connectivity index (χ0n) is 12.3. The number of likely N-dealkylation sites (tertiary alicyclic amines) is 1. The van der Waals surface area contributed by atoms with Crippen LogP contribution in [-0.2, 0) is 22.6 Å². The molecule has 0 saturated carbocycles. The standard InChI is InChI=1S/C14H21N3O2S/c1-10-7-17(5-4-12(10)18)8-11-9-20-13(15-11)6-14(19)16(2)3/h9-10H,4-8H2,1-3H3. The van der Waals surface area contributed by atoms with Gasteiger partial charge in [-0.05, 0) is 0 Å². The Morgan fingerprint density at radius 3 is 2.95 bits per heavy atom. The van der Waals surface area contributed by atoms with Gasteiger partial charge < -0.3 is 4.90 Å². The lowest BCUT2D eigenvalue weighted by atomic mass is 9.99. The summed E-state index contributed by atoms with van der Waals surface area (Å²) in [7, 11) is 3.51. The molecule has 1 atom stereocenters. The lowest BCUT2D eigenvalue weighted by Crippen LogP contribution is -2.39. The van der Waals surface area contributed by atoms with Crippen molar-refractivity contribution in [1.82, 2.24) is 14.8 Å². The minimum Gasteiger partial charge on any atom is -0.348 e. The number of hydrogen-bond acceptors (Lipinski definition) is 5. The third-order valence-corrected chi connectivity index (χ3v) is 4.44. The number of piperidine rings is 1. The molecule has 1 aromatic rings. The van der Waals surface area contributed by atoms with Gasteiger partial charge in [0.25, 0.3) is 0 Å². The maximum absolute atomic E-state index is 11.6. The van der Waals surface area contributed by atoms with E-state index in [0.29, 0.717) is 18.6 Å². The fourth-order valence-electron chi connectivity index (χ4n) is 2.26. The summed E-state index contributed by atoms with van der Waals surface area (Å²) < 4.78 is 0. The molecular formula is C14H21N3O2S. The highest BCUT2D eigenvalue weighted by Crippen LogP contribution is 2.17. The van der Waals surface area contributed by atoms with Crippen LogP contribution < -0.4 is 0 Å². The number of rotatable bonds is 4. The Balaban J connectivity index is 1.90. The van der Waals surface area contributed by atoms with Crippen LogP contribution in [0.25, 0.3) is 0 Å². The summed E-state index contributed by atoms with van der Waals surface area (Å²) in [5.41, 5.74) is 0.998. The minimum atomic E-state index is 0.0723. The molecule has 0 aromatic carbocycles. The van der Waals surface area contributed by atoms with E-state index in [1.54, 1.807) is 19.0 Å². The second kappa shape index (κ2) is 6.45. The molecule has 1 unspecified atom stereocenters. The number of nitrogens with zero attached hydrogens (tertiary/aromatic N) is 3. The maximum atomic E-state index is 11.6. The Morgan fingerprint density at radius 2 is 2.30 bits per heavy atom. The lowest BCUT2D eigenvalue weighted by Gasteiger charge is -2.29. The molecule has 6 heteroatoms. The van der Waals surface area contributed by atoms with Gasteiger partial charge in [-0.3, -0.25) is 14.5 Å². The average molecular weight is 295 g/mol. The third kappa shape index (κ3) is 3.86. The van der Waals surface area contributed by atoms with Crippen LogP contribution in [0.1, 0.15) is 24.0 Å². The molecule has 0 radical (unpaired) electrons. The highest BCUT2D eigenvalue weighted by molar-refractivity contribution is 7.09. The molecule has 1 aliphatic heterocycles. The average Bonchev–Trinajstić information content (AvgIpc) is 2.81. The monoisotopic (exact) mass is 295 g/mol. The van der Waals surface area contributed by atoms with Crippen LogP contribution in [0, 0.1) is 5.92 Å². The first kappa shape index (κ1) is 15.1. The summed E-state index contributed by atoms with van der Waals surface area (Å²) in [6, 6.07) is 0. The van der Waals surface area contributed by atoms with Gasteiger partial charge in [0.1, 0.15) is 10.8 Å². The Hall–Kier alpha value is -1.27. The molecule has 1 amide bonds. The number of thiazole rings is 1. The van der Waals surface area contributed by atoms with Gasteiger partial charge in [0.15, 0.2) is 0 Å². The van der Waals surface area contributed by atoms with E-state index in [4.69, 9.17) is 0 Å². The number of aromatic nitrogens is 1. The summed E-state index contributed by atoms with van der Waals surface area (Å²) in [4.78, 5) is 31.5. The molecule has 0 spiro atoms. The summed E-state index contributed by atoms with van der Waals surface area (Å²) in [5.74, 6) is 0.553. The van der Waals surface area contributed by atoms with Crippen LogP contribution in [0.2, 0.25) is 0 Å². The largest absolute Gasteiger partial charge is 0.348 e. The van der Waals surface area contributed by atoms with Crippen LogP contribution in [0.15, 0.2) is 5.38 Å². The molecule has 1 saturated heterocycles. The molecule has 0 aliphatic carbocycles. The number of likely N-dealkylation sites (N-methyl/N-ethyl adjacent to an activating group) is 1. The van der Waals surface area contributed by atoms with E-state index in [2.05, 4.69) is 9.88 Å². The van der Waals surface area contributed by atoms with E-state index < -0.39 is 0 Å². The topological polar surface area (TPSA) is 53.5 Å². The highest BCUT2D eigenvalue weighted by Gasteiger charge is 2.23. The van der Waals surface area contributed by atoms with Gasteiger partial charge in [0.05, 0.1) is 12.1 Å². The first-order valence-corrected chi connectivity index (χ1v) is 7.72. The van der Waals surface area contributed by atoms with Gasteiger partial charge in [0.2, 0.25) is 5.91 Å². The maximum Gasteiger partial charge on any atom is 0.228 e. The predicted octanol–water partition coefficient (Wildman–Crippen LogP) is 1.18. The number of ketones is 1. The van der Waals surface area contributed by atoms with Crippen molar-refractivity contribution >= 4 is 23.0 Å². The summed E-state index contributed by atoms with van der Waals surface area (Å²) in [6.45, 7) is 4.37. The van der Waals surface area contributed by atoms with Gasteiger partial charge >= 0.3 is 0 Å². The highest BCUT2D eigenvalue weighted by atomic mass is 32.1. The second-order valence-electron chi connectivity index (χ2n) is 5.55. The summed E-state index contributed by atoms with van der Waals surface area (Å²) >= 11 is 1.53. The normalized spacial score (nSPS) is 20.1. The smallest absolute Gasteiger partial charge is 0.228 e. The SMILES string of the molecule is CC1CN(Cc2csc(CC(=O)N(C)C)n2)CCC1=O. The Kier molecular flexibility index (Phi) is 4.88. The van der Waals surface area contributed by atoms with Crippen LogP contribution in [0.3, 0.4) is 0 Å². The molecule has 2 rings (SSSR count). The van der Waals surface area contributed by atoms with Crippen molar-refractivity contribution in [2.75, 3.05) is 27.2 Å². The lowest BCUT2D eigenvalue weighted by molar-refractivity contribution is -0.128. The zero-order valence-corrected chi connectivity index (χ0v) is 13.1. The molecule has 110 valence electrons. The van der Waals surface area contributed by atoms with Crippen LogP contribution in [0.5, 0.6) is 0 Å². The minimum absolute atomic E-state index is 0.0723. The molecular weight excluding hydrogens is 274 g/mol. The van der Waals surface area contributed by atoms with Crippen LogP contribution >= 0.6 is 11.3 Å². The van der Waals surface area contributed by atoms with Crippen molar-refractivity contribution in [2.45, 2.75) is 26.3 Å². The van der Waals surface area contributed by atoms with E-state index >= 15 is 0 Å². The first-order valence-electron chi connectivity index (χ1n) is 6.84. The molecule has 1 fully saturated rings. The van der Waals surface area contributed by atoms with Crippen molar-refractivity contribution in [1.29, 1.82) is 0 Å². The second-order valence-corrected chi connectivity index (χ2v) is 6.49. The molecule has 2 heterocycles. The molecule has 0 N–H and O–H groups in total. The summed E-state index contributed by atoms with van der Waals surface area (Å²) in [5, 5.41) is 2.87. The number of Topliss-reactive ketones (excluding diaryl/α,β-unsaturated/α-hetero) is 1. The third-order valence-electron chi connectivity index (χ3n) is 3.54. The van der Waals surface area contributed by atoms with E-state index in [0.717, 1.165) is 30.3 Å². The predicted molar refractivity (Wildman–Crippen MR) is 78.6 cm³/mol.